The summed E-state index contributed by atoms with van der Waals surface area (Å²) in [4.78, 5) is 36.2. The molecule has 31 heavy (non-hydrogen) atoms. The third-order valence-corrected chi connectivity index (χ3v) is 4.31. The van der Waals surface area contributed by atoms with E-state index in [0.29, 0.717) is 41.5 Å². The average Bonchev–Trinajstić information content (AvgIpc) is 3.08. The number of nitrogens with one attached hydrogen (secondary N) is 1. The molecule has 0 unspecified atom stereocenters. The predicted octanol–water partition coefficient (Wildman–Crippen LogP) is 2.96. The molecule has 3 rings (SSSR count). The highest BCUT2D eigenvalue weighted by atomic mass is 16.5. The number of hydrogen-bond acceptors (Lipinski definition) is 7. The number of carbonyl (C=O) groups is 2. The van der Waals surface area contributed by atoms with Gasteiger partial charge in [0.15, 0.2) is 12.2 Å². The van der Waals surface area contributed by atoms with Crippen molar-refractivity contribution in [3.05, 3.63) is 53.0 Å². The van der Waals surface area contributed by atoms with E-state index in [4.69, 9.17) is 18.6 Å². The van der Waals surface area contributed by atoms with Gasteiger partial charge in [-0.25, -0.2) is 4.79 Å². The number of anilines is 1. The second-order valence-electron chi connectivity index (χ2n) is 6.47. The molecule has 3 aromatic rings. The molecular formula is C22H24N2O7. The van der Waals surface area contributed by atoms with E-state index in [-0.39, 0.29) is 13.0 Å². The maximum absolute atomic E-state index is 12.2. The number of fused-ring (bicyclic) bond motifs is 1. The minimum Gasteiger partial charge on any atom is -0.494 e. The van der Waals surface area contributed by atoms with Gasteiger partial charge in [0.2, 0.25) is 0 Å². The summed E-state index contributed by atoms with van der Waals surface area (Å²) in [5.74, 6) is -0.619. The van der Waals surface area contributed by atoms with Gasteiger partial charge in [-0.3, -0.25) is 14.2 Å². The number of amides is 1. The molecule has 0 aliphatic rings. The zero-order chi connectivity index (χ0) is 22.2. The number of rotatable bonds is 10. The maximum atomic E-state index is 12.2. The van der Waals surface area contributed by atoms with Crippen LogP contribution in [-0.2, 0) is 20.9 Å². The van der Waals surface area contributed by atoms with Crippen molar-refractivity contribution in [3.8, 4) is 11.5 Å². The number of hydrogen-bond donors (Lipinski definition) is 1. The van der Waals surface area contributed by atoms with E-state index in [1.807, 2.05) is 13.8 Å². The van der Waals surface area contributed by atoms with Crippen LogP contribution in [0.25, 0.3) is 11.1 Å². The Hall–Kier alpha value is -3.75. The summed E-state index contributed by atoms with van der Waals surface area (Å²) >= 11 is 0. The first-order valence-corrected chi connectivity index (χ1v) is 9.95. The molecule has 0 aliphatic carbocycles. The minimum absolute atomic E-state index is 0.0826. The van der Waals surface area contributed by atoms with Crippen LogP contribution in [0.3, 0.4) is 0 Å². The summed E-state index contributed by atoms with van der Waals surface area (Å²) in [6.07, 6.45) is -0.0826. The van der Waals surface area contributed by atoms with Crippen molar-refractivity contribution in [2.75, 3.05) is 25.1 Å². The van der Waals surface area contributed by atoms with Crippen molar-refractivity contribution < 1.29 is 28.2 Å². The van der Waals surface area contributed by atoms with E-state index in [1.54, 1.807) is 42.5 Å². The largest absolute Gasteiger partial charge is 0.494 e. The average molecular weight is 428 g/mol. The zero-order valence-corrected chi connectivity index (χ0v) is 17.4. The monoisotopic (exact) mass is 428 g/mol. The first kappa shape index (κ1) is 21.9. The van der Waals surface area contributed by atoms with Crippen molar-refractivity contribution in [2.45, 2.75) is 26.8 Å². The Bertz CT molecular complexity index is 1120. The second kappa shape index (κ2) is 10.3. The van der Waals surface area contributed by atoms with Gasteiger partial charge in [0.1, 0.15) is 11.5 Å². The molecule has 0 aliphatic heterocycles. The second-order valence-corrected chi connectivity index (χ2v) is 6.47. The third-order valence-electron chi connectivity index (χ3n) is 4.31. The van der Waals surface area contributed by atoms with Crippen LogP contribution in [0, 0.1) is 0 Å². The molecule has 0 radical (unpaired) electrons. The Labute approximate surface area is 178 Å². The standard InChI is InChI=1S/C22H24N2O7/c1-3-28-15-9-10-18(29-4-2)16(13-15)23-20(25)14-30-21(26)11-12-24-17-7-5-6-8-19(17)31-22(24)27/h5-10,13H,3-4,11-12,14H2,1-2H3,(H,23,25). The van der Waals surface area contributed by atoms with Gasteiger partial charge in [0.25, 0.3) is 5.91 Å². The van der Waals surface area contributed by atoms with Gasteiger partial charge >= 0.3 is 11.7 Å². The molecule has 9 nitrogen and oxygen atoms in total. The van der Waals surface area contributed by atoms with Crippen molar-refractivity contribution >= 4 is 28.7 Å². The number of oxazole rings is 1. The molecule has 0 saturated carbocycles. The summed E-state index contributed by atoms with van der Waals surface area (Å²) in [6, 6.07) is 12.0. The molecule has 0 atom stereocenters. The minimum atomic E-state index is -0.611. The number of carbonyl (C=O) groups excluding carboxylic acids is 2. The predicted molar refractivity (Wildman–Crippen MR) is 113 cm³/mol. The van der Waals surface area contributed by atoms with Crippen LogP contribution in [0.4, 0.5) is 5.69 Å². The van der Waals surface area contributed by atoms with Crippen LogP contribution in [0.15, 0.2) is 51.7 Å². The molecule has 1 amide bonds. The number of aromatic nitrogens is 1. The van der Waals surface area contributed by atoms with Crippen molar-refractivity contribution in [2.24, 2.45) is 0 Å². The maximum Gasteiger partial charge on any atom is 0.419 e. The number of aryl methyl sites for hydroxylation is 1. The van der Waals surface area contributed by atoms with E-state index in [1.165, 1.54) is 4.57 Å². The molecule has 164 valence electrons. The van der Waals surface area contributed by atoms with Crippen molar-refractivity contribution in [1.82, 2.24) is 4.57 Å². The van der Waals surface area contributed by atoms with Gasteiger partial charge in [-0.15, -0.1) is 0 Å². The Morgan fingerprint density at radius 3 is 2.61 bits per heavy atom. The van der Waals surface area contributed by atoms with Gasteiger partial charge in [-0.05, 0) is 38.1 Å². The Balaban J connectivity index is 1.54. The molecule has 0 spiro atoms. The van der Waals surface area contributed by atoms with Gasteiger partial charge in [-0.1, -0.05) is 12.1 Å². The molecule has 1 heterocycles. The fourth-order valence-electron chi connectivity index (χ4n) is 2.98. The van der Waals surface area contributed by atoms with E-state index < -0.39 is 24.2 Å². The molecule has 9 heteroatoms. The number of esters is 1. The smallest absolute Gasteiger partial charge is 0.419 e. The number of para-hydroxylation sites is 2. The van der Waals surface area contributed by atoms with Crippen LogP contribution >= 0.6 is 0 Å². The molecule has 1 aromatic heterocycles. The Morgan fingerprint density at radius 2 is 1.84 bits per heavy atom. The summed E-state index contributed by atoms with van der Waals surface area (Å²) in [6.45, 7) is 4.21. The lowest BCUT2D eigenvalue weighted by Crippen LogP contribution is -2.23. The highest BCUT2D eigenvalue weighted by Gasteiger charge is 2.14. The summed E-state index contributed by atoms with van der Waals surface area (Å²) in [7, 11) is 0. The molecular weight excluding hydrogens is 404 g/mol. The highest BCUT2D eigenvalue weighted by Crippen LogP contribution is 2.29. The lowest BCUT2D eigenvalue weighted by molar-refractivity contribution is -0.147. The quantitative estimate of drug-likeness (QED) is 0.495. The van der Waals surface area contributed by atoms with Crippen molar-refractivity contribution in [1.29, 1.82) is 0 Å². The van der Waals surface area contributed by atoms with E-state index in [9.17, 15) is 14.4 Å². The topological polar surface area (TPSA) is 109 Å². The highest BCUT2D eigenvalue weighted by molar-refractivity contribution is 5.94. The van der Waals surface area contributed by atoms with E-state index >= 15 is 0 Å². The first-order valence-electron chi connectivity index (χ1n) is 9.95. The number of nitrogens with zero attached hydrogens (tertiary/aromatic N) is 1. The molecule has 0 bridgehead atoms. The van der Waals surface area contributed by atoms with Gasteiger partial charge in [0, 0.05) is 12.6 Å². The summed E-state index contributed by atoms with van der Waals surface area (Å²) in [5.41, 5.74) is 1.46. The molecule has 0 fully saturated rings. The van der Waals surface area contributed by atoms with Gasteiger partial charge in [-0.2, -0.15) is 0 Å². The third kappa shape index (κ3) is 5.65. The van der Waals surface area contributed by atoms with Crippen LogP contribution in [-0.4, -0.2) is 36.3 Å². The van der Waals surface area contributed by atoms with Crippen LogP contribution in [0.5, 0.6) is 11.5 Å². The fourth-order valence-corrected chi connectivity index (χ4v) is 2.98. The van der Waals surface area contributed by atoms with Gasteiger partial charge in [0.05, 0.1) is 30.8 Å². The lowest BCUT2D eigenvalue weighted by atomic mass is 10.2. The number of benzene rings is 2. The van der Waals surface area contributed by atoms with Crippen LogP contribution in [0.2, 0.25) is 0 Å². The normalized spacial score (nSPS) is 10.6. The van der Waals surface area contributed by atoms with Crippen LogP contribution < -0.4 is 20.5 Å². The van der Waals surface area contributed by atoms with E-state index in [2.05, 4.69) is 5.32 Å². The Kier molecular flexibility index (Phi) is 7.31. The lowest BCUT2D eigenvalue weighted by Gasteiger charge is -2.13. The first-order chi connectivity index (χ1) is 15.0. The summed E-state index contributed by atoms with van der Waals surface area (Å²) < 4.78 is 22.5. The molecule has 1 N–H and O–H groups in total. The van der Waals surface area contributed by atoms with Crippen LogP contribution in [0.1, 0.15) is 20.3 Å². The zero-order valence-electron chi connectivity index (χ0n) is 17.4. The summed E-state index contributed by atoms with van der Waals surface area (Å²) in [5, 5.41) is 2.66. The molecule has 2 aromatic carbocycles. The molecule has 0 saturated heterocycles. The van der Waals surface area contributed by atoms with Gasteiger partial charge < -0.3 is 23.9 Å². The van der Waals surface area contributed by atoms with E-state index in [0.717, 1.165) is 0 Å². The van der Waals surface area contributed by atoms with Crippen molar-refractivity contribution in [3.63, 3.8) is 0 Å². The Morgan fingerprint density at radius 1 is 1.06 bits per heavy atom. The SMILES string of the molecule is CCOc1ccc(OCC)c(NC(=O)COC(=O)CCn2c(=O)oc3ccccc32)c1. The fraction of sp³-hybridized carbons (Fsp3) is 0.318. The number of ether oxygens (including phenoxy) is 3.